The number of hydrogen-bond acceptors (Lipinski definition) is 4. The number of nitrogens with one attached hydrogen (secondary N) is 1. The average molecular weight is 391 g/mol. The van der Waals surface area contributed by atoms with Crippen LogP contribution in [0, 0.1) is 0 Å². The second-order valence-electron chi connectivity index (χ2n) is 6.44. The number of oxazole rings is 1. The first-order chi connectivity index (χ1) is 12.5. The molecule has 1 aromatic heterocycles. The molecule has 1 amide bonds. The number of amides is 1. The van der Waals surface area contributed by atoms with Gasteiger partial charge in [0.25, 0.3) is 5.91 Å². The van der Waals surface area contributed by atoms with Gasteiger partial charge in [0.2, 0.25) is 5.89 Å². The first-order valence-corrected chi connectivity index (χ1v) is 9.11. The third kappa shape index (κ3) is 3.43. The minimum atomic E-state index is -0.479. The molecule has 2 unspecified atom stereocenters. The summed E-state index contributed by atoms with van der Waals surface area (Å²) < 4.78 is 5.79. The number of benzene rings is 2. The van der Waals surface area contributed by atoms with Crippen LogP contribution in [0.4, 0.5) is 0 Å². The molecule has 0 radical (unpaired) electrons. The summed E-state index contributed by atoms with van der Waals surface area (Å²) in [5.74, 6) is 0.148. The number of aromatic nitrogens is 1. The normalized spacial score (nSPS) is 19.8. The maximum absolute atomic E-state index is 12.4. The van der Waals surface area contributed by atoms with E-state index in [1.165, 1.54) is 0 Å². The Balaban J connectivity index is 1.62. The largest absolute Gasteiger partial charge is 0.436 e. The predicted octanol–water partition coefficient (Wildman–Crippen LogP) is 4.44. The Morgan fingerprint density at radius 3 is 2.62 bits per heavy atom. The molecule has 2 aromatic carbocycles. The van der Waals surface area contributed by atoms with Crippen LogP contribution in [0.25, 0.3) is 22.6 Å². The fourth-order valence-corrected chi connectivity index (χ4v) is 3.75. The van der Waals surface area contributed by atoms with E-state index in [2.05, 4.69) is 10.3 Å². The monoisotopic (exact) mass is 390 g/mol. The SMILES string of the molecule is O=C(NC1CCCC1O)c1ccc2nc(-c3cc(Cl)cc(Cl)c3)oc2c1. The third-order valence-electron chi connectivity index (χ3n) is 4.56. The first kappa shape index (κ1) is 17.3. The van der Waals surface area contributed by atoms with Gasteiger partial charge in [-0.3, -0.25) is 4.79 Å². The quantitative estimate of drug-likeness (QED) is 0.692. The molecule has 7 heteroatoms. The Morgan fingerprint density at radius 1 is 1.15 bits per heavy atom. The van der Waals surface area contributed by atoms with Crippen LogP contribution in [0.3, 0.4) is 0 Å². The summed E-state index contributed by atoms with van der Waals surface area (Å²) in [5.41, 5.74) is 2.26. The van der Waals surface area contributed by atoms with Gasteiger partial charge >= 0.3 is 0 Å². The molecule has 2 N–H and O–H groups in total. The lowest BCUT2D eigenvalue weighted by Gasteiger charge is -2.16. The molecular weight excluding hydrogens is 375 g/mol. The Labute approximate surface area is 159 Å². The van der Waals surface area contributed by atoms with Crippen molar-refractivity contribution in [1.29, 1.82) is 0 Å². The van der Waals surface area contributed by atoms with Crippen LogP contribution in [-0.2, 0) is 0 Å². The number of aliphatic hydroxyl groups excluding tert-OH is 1. The molecule has 1 fully saturated rings. The van der Waals surface area contributed by atoms with Crippen molar-refractivity contribution in [3.8, 4) is 11.5 Å². The van der Waals surface area contributed by atoms with Gasteiger partial charge in [-0.15, -0.1) is 0 Å². The molecule has 5 nitrogen and oxygen atoms in total. The summed E-state index contributed by atoms with van der Waals surface area (Å²) in [6, 6.07) is 9.94. The summed E-state index contributed by atoms with van der Waals surface area (Å²) in [6.45, 7) is 0. The van der Waals surface area contributed by atoms with E-state index in [0.29, 0.717) is 38.2 Å². The zero-order valence-corrected chi connectivity index (χ0v) is 15.2. The molecule has 1 heterocycles. The van der Waals surface area contributed by atoms with E-state index in [-0.39, 0.29) is 11.9 Å². The summed E-state index contributed by atoms with van der Waals surface area (Å²) in [7, 11) is 0. The van der Waals surface area contributed by atoms with Gasteiger partial charge in [0, 0.05) is 21.2 Å². The van der Waals surface area contributed by atoms with E-state index in [0.717, 1.165) is 19.3 Å². The molecule has 26 heavy (non-hydrogen) atoms. The molecule has 0 bridgehead atoms. The topological polar surface area (TPSA) is 75.4 Å². The van der Waals surface area contributed by atoms with Crippen LogP contribution in [0.2, 0.25) is 10.0 Å². The zero-order valence-electron chi connectivity index (χ0n) is 13.7. The molecule has 0 saturated heterocycles. The van der Waals surface area contributed by atoms with Crippen LogP contribution in [-0.4, -0.2) is 28.1 Å². The summed E-state index contributed by atoms with van der Waals surface area (Å²) >= 11 is 12.1. The molecule has 1 saturated carbocycles. The van der Waals surface area contributed by atoms with E-state index in [1.807, 2.05) is 0 Å². The van der Waals surface area contributed by atoms with Crippen molar-refractivity contribution >= 4 is 40.2 Å². The van der Waals surface area contributed by atoms with Gasteiger partial charge in [0.05, 0.1) is 12.1 Å². The maximum Gasteiger partial charge on any atom is 0.251 e. The van der Waals surface area contributed by atoms with Gasteiger partial charge < -0.3 is 14.8 Å². The third-order valence-corrected chi connectivity index (χ3v) is 4.99. The highest BCUT2D eigenvalue weighted by atomic mass is 35.5. The Morgan fingerprint density at radius 2 is 1.92 bits per heavy atom. The fourth-order valence-electron chi connectivity index (χ4n) is 3.23. The van der Waals surface area contributed by atoms with Crippen molar-refractivity contribution in [3.63, 3.8) is 0 Å². The van der Waals surface area contributed by atoms with Crippen molar-refractivity contribution in [2.45, 2.75) is 31.4 Å². The number of nitrogens with zero attached hydrogens (tertiary/aromatic N) is 1. The summed E-state index contributed by atoms with van der Waals surface area (Å²) in [5, 5.41) is 13.7. The Bertz CT molecular complexity index is 966. The smallest absolute Gasteiger partial charge is 0.251 e. The lowest BCUT2D eigenvalue weighted by molar-refractivity contribution is 0.0873. The highest BCUT2D eigenvalue weighted by molar-refractivity contribution is 6.35. The number of carbonyl (C=O) groups excluding carboxylic acids is 1. The standard InChI is InChI=1S/C19H16Cl2N2O3/c20-12-6-11(7-13(21)9-12)19-23-15-5-4-10(8-17(15)26-19)18(25)22-14-2-1-3-16(14)24/h4-9,14,16,24H,1-3H2,(H,22,25). The molecular formula is C19H16Cl2N2O3. The van der Waals surface area contributed by atoms with Crippen molar-refractivity contribution in [3.05, 3.63) is 52.0 Å². The highest BCUT2D eigenvalue weighted by Gasteiger charge is 2.27. The van der Waals surface area contributed by atoms with E-state index in [4.69, 9.17) is 27.6 Å². The lowest BCUT2D eigenvalue weighted by atomic mass is 10.1. The summed E-state index contributed by atoms with van der Waals surface area (Å²) in [6.07, 6.45) is 1.94. The second kappa shape index (κ2) is 6.91. The lowest BCUT2D eigenvalue weighted by Crippen LogP contribution is -2.39. The molecule has 4 rings (SSSR count). The molecule has 1 aliphatic rings. The van der Waals surface area contributed by atoms with Crippen molar-refractivity contribution in [1.82, 2.24) is 10.3 Å². The number of fused-ring (bicyclic) bond motifs is 1. The van der Waals surface area contributed by atoms with Crippen LogP contribution >= 0.6 is 23.2 Å². The molecule has 3 aromatic rings. The fraction of sp³-hybridized carbons (Fsp3) is 0.263. The van der Waals surface area contributed by atoms with Gasteiger partial charge in [-0.25, -0.2) is 4.98 Å². The molecule has 2 atom stereocenters. The van der Waals surface area contributed by atoms with E-state index >= 15 is 0 Å². The van der Waals surface area contributed by atoms with Gasteiger partial charge in [0.1, 0.15) is 5.52 Å². The molecule has 134 valence electrons. The minimum Gasteiger partial charge on any atom is -0.436 e. The number of rotatable bonds is 3. The predicted molar refractivity (Wildman–Crippen MR) is 101 cm³/mol. The van der Waals surface area contributed by atoms with Crippen LogP contribution in [0.1, 0.15) is 29.6 Å². The molecule has 0 spiro atoms. The highest BCUT2D eigenvalue weighted by Crippen LogP contribution is 2.29. The zero-order chi connectivity index (χ0) is 18.3. The van der Waals surface area contributed by atoms with Gasteiger partial charge in [-0.05, 0) is 55.7 Å². The van der Waals surface area contributed by atoms with Gasteiger partial charge in [0.15, 0.2) is 5.58 Å². The Kier molecular flexibility index (Phi) is 4.61. The number of aliphatic hydroxyl groups is 1. The van der Waals surface area contributed by atoms with Crippen LogP contribution in [0.5, 0.6) is 0 Å². The van der Waals surface area contributed by atoms with Gasteiger partial charge in [-0.2, -0.15) is 0 Å². The van der Waals surface area contributed by atoms with Gasteiger partial charge in [-0.1, -0.05) is 23.2 Å². The Hall–Kier alpha value is -2.08. The van der Waals surface area contributed by atoms with E-state index in [1.54, 1.807) is 36.4 Å². The summed E-state index contributed by atoms with van der Waals surface area (Å²) in [4.78, 5) is 16.9. The molecule has 1 aliphatic carbocycles. The van der Waals surface area contributed by atoms with Crippen molar-refractivity contribution < 1.29 is 14.3 Å². The van der Waals surface area contributed by atoms with E-state index < -0.39 is 6.10 Å². The van der Waals surface area contributed by atoms with E-state index in [9.17, 15) is 9.90 Å². The second-order valence-corrected chi connectivity index (χ2v) is 7.31. The van der Waals surface area contributed by atoms with Crippen molar-refractivity contribution in [2.75, 3.05) is 0 Å². The van der Waals surface area contributed by atoms with Crippen LogP contribution < -0.4 is 5.32 Å². The first-order valence-electron chi connectivity index (χ1n) is 8.35. The van der Waals surface area contributed by atoms with Crippen molar-refractivity contribution in [2.24, 2.45) is 0 Å². The number of carbonyl (C=O) groups is 1. The number of hydrogen-bond donors (Lipinski definition) is 2. The molecule has 0 aliphatic heterocycles. The minimum absolute atomic E-state index is 0.197. The maximum atomic E-state index is 12.4. The number of halogens is 2. The van der Waals surface area contributed by atoms with Crippen LogP contribution in [0.15, 0.2) is 40.8 Å². The average Bonchev–Trinajstić information content (AvgIpc) is 3.19.